The Morgan fingerprint density at radius 2 is 2.12 bits per heavy atom. The zero-order valence-corrected chi connectivity index (χ0v) is 19.5. The molecule has 4 rings (SSSR count). The van der Waals surface area contributed by atoms with Gasteiger partial charge in [-0.05, 0) is 36.6 Å². The number of nitrogens with two attached hydrogens (primary N) is 1. The molecule has 0 radical (unpaired) electrons. The first-order valence-corrected chi connectivity index (χ1v) is 11.3. The largest absolute Gasteiger partial charge is 0.487 e. The van der Waals surface area contributed by atoms with E-state index < -0.39 is 11.7 Å². The first kappa shape index (κ1) is 22.4. The van der Waals surface area contributed by atoms with E-state index >= 15 is 0 Å². The number of aryl methyl sites for hydroxylation is 1. The lowest BCUT2D eigenvalue weighted by Gasteiger charge is -2.36. The summed E-state index contributed by atoms with van der Waals surface area (Å²) >= 11 is 7.54. The number of nitrogens with zero attached hydrogens (tertiary/aromatic N) is 1. The summed E-state index contributed by atoms with van der Waals surface area (Å²) in [7, 11) is 0. The Kier molecular flexibility index (Phi) is 5.78. The Morgan fingerprint density at radius 1 is 1.38 bits per heavy atom. The standard InChI is InChI=1S/C24H22ClFN2O3S/c1-12-13(11-30-18-5-4-14(26)7-16(18)25)6-20(32-12)21-15(10-27)23(28)31-19-9-24(2,3)8-17(29)22(19)21/h4-7,21H,8-9,11,28H2,1-3H3/t21-/m1/s1. The van der Waals surface area contributed by atoms with Crippen molar-refractivity contribution in [3.05, 3.63) is 73.2 Å². The van der Waals surface area contributed by atoms with Gasteiger partial charge < -0.3 is 15.2 Å². The second-order valence-corrected chi connectivity index (χ2v) is 10.5. The van der Waals surface area contributed by atoms with Gasteiger partial charge in [-0.2, -0.15) is 5.26 Å². The first-order valence-electron chi connectivity index (χ1n) is 10.1. The van der Waals surface area contributed by atoms with Crippen LogP contribution in [0.15, 0.2) is 47.1 Å². The predicted molar refractivity (Wildman–Crippen MR) is 120 cm³/mol. The molecule has 0 bridgehead atoms. The van der Waals surface area contributed by atoms with Gasteiger partial charge in [-0.25, -0.2) is 4.39 Å². The fraction of sp³-hybridized carbons (Fsp3) is 0.333. The number of thiophene rings is 1. The van der Waals surface area contributed by atoms with Crippen molar-refractivity contribution >= 4 is 28.7 Å². The van der Waals surface area contributed by atoms with Crippen LogP contribution in [0.5, 0.6) is 5.75 Å². The van der Waals surface area contributed by atoms with Crippen LogP contribution >= 0.6 is 22.9 Å². The van der Waals surface area contributed by atoms with Crippen molar-refractivity contribution in [2.75, 3.05) is 0 Å². The predicted octanol–water partition coefficient (Wildman–Crippen LogP) is 5.88. The summed E-state index contributed by atoms with van der Waals surface area (Å²) < 4.78 is 24.8. The van der Waals surface area contributed by atoms with Crippen LogP contribution in [-0.2, 0) is 16.1 Å². The van der Waals surface area contributed by atoms with E-state index in [9.17, 15) is 14.4 Å². The van der Waals surface area contributed by atoms with Crippen LogP contribution in [0.25, 0.3) is 0 Å². The fourth-order valence-electron chi connectivity index (χ4n) is 4.15. The minimum absolute atomic E-state index is 0.0246. The molecule has 0 fully saturated rings. The summed E-state index contributed by atoms with van der Waals surface area (Å²) in [5.74, 6) is -0.0439. The summed E-state index contributed by atoms with van der Waals surface area (Å²) in [4.78, 5) is 14.9. The summed E-state index contributed by atoms with van der Waals surface area (Å²) in [5.41, 5.74) is 7.51. The van der Waals surface area contributed by atoms with E-state index in [1.54, 1.807) is 0 Å². The highest BCUT2D eigenvalue weighted by atomic mass is 35.5. The lowest BCUT2D eigenvalue weighted by Crippen LogP contribution is -2.33. The molecule has 32 heavy (non-hydrogen) atoms. The van der Waals surface area contributed by atoms with Crippen LogP contribution in [0.4, 0.5) is 4.39 Å². The summed E-state index contributed by atoms with van der Waals surface area (Å²) in [6.07, 6.45) is 0.959. The maximum Gasteiger partial charge on any atom is 0.205 e. The molecular formula is C24H22ClFN2O3S. The van der Waals surface area contributed by atoms with Gasteiger partial charge in [0.2, 0.25) is 5.88 Å². The van der Waals surface area contributed by atoms with Gasteiger partial charge in [0.05, 0.1) is 10.9 Å². The second-order valence-electron chi connectivity index (χ2n) is 8.80. The molecule has 0 saturated heterocycles. The average Bonchev–Trinajstić information content (AvgIpc) is 3.05. The van der Waals surface area contributed by atoms with Crippen molar-refractivity contribution in [1.82, 2.24) is 0 Å². The lowest BCUT2D eigenvalue weighted by atomic mass is 9.71. The van der Waals surface area contributed by atoms with E-state index in [1.165, 1.54) is 29.5 Å². The van der Waals surface area contributed by atoms with Gasteiger partial charge in [-0.3, -0.25) is 4.79 Å². The van der Waals surface area contributed by atoms with Crippen LogP contribution in [0, 0.1) is 29.5 Å². The van der Waals surface area contributed by atoms with Gasteiger partial charge in [0.15, 0.2) is 5.78 Å². The Balaban J connectivity index is 1.68. The molecule has 1 aromatic carbocycles. The van der Waals surface area contributed by atoms with Crippen molar-refractivity contribution in [3.8, 4) is 11.8 Å². The summed E-state index contributed by atoms with van der Waals surface area (Å²) in [5, 5.41) is 9.98. The molecule has 8 heteroatoms. The molecule has 2 aromatic rings. The lowest BCUT2D eigenvalue weighted by molar-refractivity contribution is -0.119. The number of carbonyl (C=O) groups excluding carboxylic acids is 1. The van der Waals surface area contributed by atoms with Crippen molar-refractivity contribution in [2.45, 2.75) is 46.1 Å². The molecule has 0 saturated carbocycles. The molecule has 0 spiro atoms. The third kappa shape index (κ3) is 4.13. The second kappa shape index (κ2) is 8.27. The molecule has 0 unspecified atom stereocenters. The van der Waals surface area contributed by atoms with E-state index in [0.29, 0.717) is 29.9 Å². The van der Waals surface area contributed by atoms with Crippen molar-refractivity contribution in [1.29, 1.82) is 5.26 Å². The van der Waals surface area contributed by atoms with Gasteiger partial charge in [-0.15, -0.1) is 11.3 Å². The Morgan fingerprint density at radius 3 is 2.81 bits per heavy atom. The minimum Gasteiger partial charge on any atom is -0.487 e. The van der Waals surface area contributed by atoms with Gasteiger partial charge in [0, 0.05) is 33.7 Å². The SMILES string of the molecule is Cc1sc([C@H]2C(C#N)=C(N)OC3=C2C(=O)CC(C)(C)C3)cc1COc1ccc(F)cc1Cl. The molecule has 1 aliphatic carbocycles. The number of Topliss-reactive ketones (excluding diaryl/α,β-unsaturated/α-hetero) is 1. The number of ketones is 1. The van der Waals surface area contributed by atoms with Crippen LogP contribution < -0.4 is 10.5 Å². The summed E-state index contributed by atoms with van der Waals surface area (Å²) in [6, 6.07) is 8.03. The summed E-state index contributed by atoms with van der Waals surface area (Å²) in [6.45, 7) is 6.18. The third-order valence-electron chi connectivity index (χ3n) is 5.68. The minimum atomic E-state index is -0.556. The number of nitriles is 1. The zero-order chi connectivity index (χ0) is 23.2. The number of carbonyl (C=O) groups is 1. The van der Waals surface area contributed by atoms with Gasteiger partial charge >= 0.3 is 0 Å². The Labute approximate surface area is 194 Å². The molecule has 1 atom stereocenters. The van der Waals surface area contributed by atoms with E-state index in [-0.39, 0.29) is 34.3 Å². The van der Waals surface area contributed by atoms with Gasteiger partial charge in [-0.1, -0.05) is 25.4 Å². The first-order chi connectivity index (χ1) is 15.1. The zero-order valence-electron chi connectivity index (χ0n) is 17.9. The van der Waals surface area contributed by atoms with E-state index in [2.05, 4.69) is 6.07 Å². The van der Waals surface area contributed by atoms with E-state index in [0.717, 1.165) is 15.3 Å². The highest BCUT2D eigenvalue weighted by Crippen LogP contribution is 2.49. The Bertz CT molecular complexity index is 1220. The number of hydrogen-bond acceptors (Lipinski definition) is 6. The van der Waals surface area contributed by atoms with Crippen molar-refractivity contribution < 1.29 is 18.7 Å². The third-order valence-corrected chi connectivity index (χ3v) is 7.13. The number of benzene rings is 1. The van der Waals surface area contributed by atoms with E-state index in [1.807, 2.05) is 26.8 Å². The molecule has 1 aromatic heterocycles. The molecule has 5 nitrogen and oxygen atoms in total. The van der Waals surface area contributed by atoms with Crippen molar-refractivity contribution in [2.24, 2.45) is 11.1 Å². The molecule has 166 valence electrons. The van der Waals surface area contributed by atoms with Gasteiger partial charge in [0.25, 0.3) is 0 Å². The maximum atomic E-state index is 13.3. The number of rotatable bonds is 4. The number of allylic oxidation sites excluding steroid dienone is 3. The number of hydrogen-bond donors (Lipinski definition) is 1. The average molecular weight is 473 g/mol. The molecular weight excluding hydrogens is 451 g/mol. The smallest absolute Gasteiger partial charge is 0.205 e. The van der Waals surface area contributed by atoms with Crippen LogP contribution in [-0.4, -0.2) is 5.78 Å². The fourth-order valence-corrected chi connectivity index (χ4v) is 5.53. The van der Waals surface area contributed by atoms with Gasteiger partial charge in [0.1, 0.15) is 35.6 Å². The molecule has 2 N–H and O–H groups in total. The number of halogens is 2. The molecule has 0 amide bonds. The van der Waals surface area contributed by atoms with Crippen LogP contribution in [0.3, 0.4) is 0 Å². The Hall–Kier alpha value is -2.82. The normalized spacial score (nSPS) is 20.0. The maximum absolute atomic E-state index is 13.3. The highest BCUT2D eigenvalue weighted by Gasteiger charge is 2.43. The topological polar surface area (TPSA) is 85.3 Å². The molecule has 1 aliphatic heterocycles. The van der Waals surface area contributed by atoms with Crippen LogP contribution in [0.1, 0.15) is 47.9 Å². The highest BCUT2D eigenvalue weighted by molar-refractivity contribution is 7.12. The van der Waals surface area contributed by atoms with Crippen molar-refractivity contribution in [3.63, 3.8) is 0 Å². The quantitative estimate of drug-likeness (QED) is 0.600. The van der Waals surface area contributed by atoms with Crippen LogP contribution in [0.2, 0.25) is 5.02 Å². The monoisotopic (exact) mass is 472 g/mol. The molecule has 2 aliphatic rings. The molecule has 2 heterocycles. The van der Waals surface area contributed by atoms with E-state index in [4.69, 9.17) is 26.8 Å². The number of ether oxygens (including phenoxy) is 2.